The van der Waals surface area contributed by atoms with E-state index in [-0.39, 0.29) is 56.6 Å². The number of thiol groups is 2. The first-order valence-corrected chi connectivity index (χ1v) is 38.2. The monoisotopic (exact) mass is 1670 g/mol. The number of primary amides is 1. The van der Waals surface area contributed by atoms with Crippen LogP contribution in [0, 0.1) is 11.8 Å². The molecule has 24 N–H and O–H groups in total. The molecule has 0 saturated carbocycles. The Morgan fingerprint density at radius 1 is 0.487 bits per heavy atom. The molecule has 634 valence electrons. The molecule has 12 atom stereocenters. The van der Waals surface area contributed by atoms with Gasteiger partial charge in [-0.15, -0.1) is 0 Å². The number of fused-ring (bicyclic) bond motifs is 2. The van der Waals surface area contributed by atoms with Gasteiger partial charge >= 0.3 is 17.9 Å². The van der Waals surface area contributed by atoms with Gasteiger partial charge < -0.3 is 121 Å². The van der Waals surface area contributed by atoms with Crippen LogP contribution in [-0.4, -0.2) is 264 Å². The Labute approximate surface area is 679 Å². The highest BCUT2D eigenvalue weighted by Crippen LogP contribution is 2.25. The third kappa shape index (κ3) is 28.5. The van der Waals surface area contributed by atoms with Gasteiger partial charge in [0, 0.05) is 77.9 Å². The molecule has 0 unspecified atom stereocenters. The number of carbonyl (C=O) groups is 18. The number of phenols is 1. The van der Waals surface area contributed by atoms with E-state index in [0.717, 1.165) is 0 Å². The number of aromatic nitrogens is 2. The number of likely N-dealkylation sites (tertiary alicyclic amines) is 1. The number of carboxylic acid groups (broad SMARTS) is 3. The van der Waals surface area contributed by atoms with E-state index in [9.17, 15) is 112 Å². The van der Waals surface area contributed by atoms with Crippen molar-refractivity contribution in [3.8, 4) is 5.75 Å². The van der Waals surface area contributed by atoms with Gasteiger partial charge in [-0.2, -0.15) is 25.3 Å². The second kappa shape index (κ2) is 45.1. The number of phenolic OH excluding ortho intramolecular Hbond substituents is 1. The van der Waals surface area contributed by atoms with Crippen molar-refractivity contribution in [3.05, 3.63) is 102 Å². The molecular weight excluding hydrogens is 1570 g/mol. The molecule has 5 aromatic rings. The summed E-state index contributed by atoms with van der Waals surface area (Å²) in [5.74, 6) is -22.1. The van der Waals surface area contributed by atoms with Gasteiger partial charge in [0.1, 0.15) is 72.2 Å². The number of aromatic amines is 2. The van der Waals surface area contributed by atoms with Crippen molar-refractivity contribution < 1.29 is 112 Å². The number of aliphatic hydroxyl groups excluding tert-OH is 1. The number of carboxylic acids is 3. The number of nitrogens with two attached hydrogens (primary N) is 2. The zero-order chi connectivity index (χ0) is 86.5. The predicted molar refractivity (Wildman–Crippen MR) is 422 cm³/mol. The minimum absolute atomic E-state index is 0.00245. The van der Waals surface area contributed by atoms with Crippen molar-refractivity contribution >= 4 is 154 Å². The highest BCUT2D eigenvalue weighted by atomic mass is 32.1. The molecule has 2 aromatic heterocycles. The largest absolute Gasteiger partial charge is 0.508 e. The number of rotatable bonds is 46. The summed E-state index contributed by atoms with van der Waals surface area (Å²) in [4.78, 5) is 248. The molecule has 0 radical (unpaired) electrons. The van der Waals surface area contributed by atoms with E-state index in [2.05, 4.69) is 104 Å². The van der Waals surface area contributed by atoms with E-state index in [1.54, 1.807) is 60.9 Å². The number of amides is 15. The summed E-state index contributed by atoms with van der Waals surface area (Å²) in [6.07, 6.45) is 0.196. The van der Waals surface area contributed by atoms with Crippen molar-refractivity contribution in [3.63, 3.8) is 0 Å². The van der Waals surface area contributed by atoms with Crippen molar-refractivity contribution in [1.82, 2.24) is 84.0 Å². The van der Waals surface area contributed by atoms with Crippen molar-refractivity contribution in [2.75, 3.05) is 44.3 Å². The fourth-order valence-corrected chi connectivity index (χ4v) is 12.8. The lowest BCUT2D eigenvalue weighted by molar-refractivity contribution is -0.144. The number of aliphatic carboxylic acids is 3. The number of benzene rings is 3. The molecular formula is C74H98N18O23S2. The normalized spacial score (nSPS) is 15.3. The average molecular weight is 1670 g/mol. The van der Waals surface area contributed by atoms with Crippen LogP contribution in [0.25, 0.3) is 21.8 Å². The highest BCUT2D eigenvalue weighted by Gasteiger charge is 2.41. The first-order chi connectivity index (χ1) is 55.4. The lowest BCUT2D eigenvalue weighted by Gasteiger charge is -2.30. The Hall–Kier alpha value is -12.4. The van der Waals surface area contributed by atoms with E-state index in [0.29, 0.717) is 38.5 Å². The van der Waals surface area contributed by atoms with E-state index in [1.165, 1.54) is 56.9 Å². The third-order valence-electron chi connectivity index (χ3n) is 18.6. The molecule has 0 bridgehead atoms. The van der Waals surface area contributed by atoms with Gasteiger partial charge in [0.15, 0.2) is 0 Å². The maximum absolute atomic E-state index is 14.6. The SMILES string of the molecule is CC(C)[C@H](NC(=O)[C@H](CO)NC(=O)[C@H](Cc1c[nH]c2ccccc12)NC(=O)[C@H](CS)NC(=O)[C@H](CC(=O)O)NC(=O)[C@@H](NC(=O)CNC(=O)CNC(=O)[C@H](Cc1ccc(O)cc1)NC(=O)[C@H](CC(=O)O)NC(=O)CNC(=O)[C@@H]1CCCN1C(=O)[C@H](Cc1c[nH]c2ccccc12)NC(=O)[C@H](CS)NC(=O)[C@@H](N)CCC(N)=O)C(C)C)C(=O)O. The fraction of sp³-hybridized carbons (Fsp3) is 0.459. The molecule has 15 amide bonds. The summed E-state index contributed by atoms with van der Waals surface area (Å²) in [5, 5.41) is 81.4. The summed E-state index contributed by atoms with van der Waals surface area (Å²) in [6, 6.07) is 0.447. The molecule has 43 heteroatoms. The molecule has 3 heterocycles. The predicted octanol–water partition coefficient (Wildman–Crippen LogP) is -5.64. The standard InChI is InChI=1S/C74H98N18O23S2/c1-35(2)61(72(112)85-49(26-60(101)102)67(107)89-53(34-117)69(109)84-47(23-38-27-77-44-12-7-5-10-41(38)44)65(105)87-51(32-93)68(108)91-62(36(3)4)74(114)115)90-58(98)30-79-56(96)29-80-64(104)46(22-37-15-17-40(94)18-16-37)83-66(106)48(25-59(99)100)82-57(97)31-81-71(111)54-14-9-21-92(54)73(113)50(24-39-28-78-45-13-8-6-11-42(39)45)86-70(110)52(33-116)88-63(103)43(75)19-20-55(76)95/h5-8,10-13,15-18,27-28,35-36,43,46-54,61-62,77-78,93-94,116-117H,9,14,19-26,29-34,75H2,1-4H3,(H2,76,95)(H,79,96)(H,80,104)(H,81,111)(H,82,97)(H,83,106)(H,84,109)(H,85,112)(H,86,110)(H,87,105)(H,88,103)(H,89,107)(H,90,98)(H,91,108)(H,99,100)(H,101,102)(H,114,115)/t43-,46-,47-,48-,49-,50-,51-,52-,53-,54-,61-,62-/m0/s1. The number of H-pyrrole nitrogens is 2. The number of hydrogen-bond acceptors (Lipinski definition) is 23. The van der Waals surface area contributed by atoms with Gasteiger partial charge in [-0.3, -0.25) is 81.5 Å². The number of aliphatic hydroxyl groups is 1. The minimum atomic E-state index is -1.96. The van der Waals surface area contributed by atoms with Gasteiger partial charge in [-0.1, -0.05) is 76.2 Å². The zero-order valence-electron chi connectivity index (χ0n) is 64.1. The van der Waals surface area contributed by atoms with Crippen molar-refractivity contribution in [1.29, 1.82) is 0 Å². The number of carbonyl (C=O) groups excluding carboxylic acids is 15. The maximum atomic E-state index is 14.6. The lowest BCUT2D eigenvalue weighted by atomic mass is 10.0. The molecule has 0 aliphatic carbocycles. The van der Waals surface area contributed by atoms with Gasteiger partial charge in [-0.05, 0) is 72.1 Å². The Morgan fingerprint density at radius 2 is 0.932 bits per heavy atom. The van der Waals surface area contributed by atoms with Crippen molar-refractivity contribution in [2.45, 2.75) is 158 Å². The molecule has 0 spiro atoms. The quantitative estimate of drug-likeness (QED) is 0.0162. The minimum Gasteiger partial charge on any atom is -0.508 e. The summed E-state index contributed by atoms with van der Waals surface area (Å²) in [5.41, 5.74) is 13.8. The first kappa shape index (κ1) is 93.5. The van der Waals surface area contributed by atoms with E-state index >= 15 is 0 Å². The third-order valence-corrected chi connectivity index (χ3v) is 19.3. The smallest absolute Gasteiger partial charge is 0.326 e. The van der Waals surface area contributed by atoms with Crippen LogP contribution in [0.3, 0.4) is 0 Å². The second-order valence-electron chi connectivity index (χ2n) is 28.2. The molecule has 6 rings (SSSR count). The number of para-hydroxylation sites is 2. The maximum Gasteiger partial charge on any atom is 0.326 e. The molecule has 41 nitrogen and oxygen atoms in total. The molecule has 1 aliphatic rings. The van der Waals surface area contributed by atoms with E-state index in [1.807, 2.05) is 0 Å². The Kier molecular flexibility index (Phi) is 36.0. The molecule has 1 aliphatic heterocycles. The van der Waals surface area contributed by atoms with Crippen molar-refractivity contribution in [2.24, 2.45) is 23.3 Å². The number of aromatic hydroxyl groups is 1. The van der Waals surface area contributed by atoms with Crippen LogP contribution >= 0.6 is 25.3 Å². The number of hydrogen-bond donors (Lipinski definition) is 24. The van der Waals surface area contributed by atoms with Crippen LogP contribution in [-0.2, 0) is 106 Å². The van der Waals surface area contributed by atoms with Gasteiger partial charge in [0.25, 0.3) is 0 Å². The van der Waals surface area contributed by atoms with Crippen LogP contribution in [0.15, 0.2) is 85.2 Å². The van der Waals surface area contributed by atoms with E-state index < -0.39 is 242 Å². The molecule has 3 aromatic carbocycles. The van der Waals surface area contributed by atoms with Crippen LogP contribution in [0.1, 0.15) is 82.9 Å². The zero-order valence-corrected chi connectivity index (χ0v) is 65.8. The fourth-order valence-electron chi connectivity index (χ4n) is 12.3. The van der Waals surface area contributed by atoms with Gasteiger partial charge in [0.05, 0.1) is 45.1 Å². The number of nitrogens with one attached hydrogen (secondary N) is 15. The van der Waals surface area contributed by atoms with Crippen LogP contribution in [0.4, 0.5) is 0 Å². The Bertz CT molecular complexity index is 4460. The summed E-state index contributed by atoms with van der Waals surface area (Å²) in [7, 11) is 0. The van der Waals surface area contributed by atoms with Gasteiger partial charge in [-0.25, -0.2) is 4.79 Å². The summed E-state index contributed by atoms with van der Waals surface area (Å²) in [6.45, 7) is 2.24. The summed E-state index contributed by atoms with van der Waals surface area (Å²) < 4.78 is 0. The van der Waals surface area contributed by atoms with E-state index in [4.69, 9.17) is 11.5 Å². The molecule has 1 fully saturated rings. The average Bonchev–Trinajstić information content (AvgIpc) is 1.69. The molecule has 1 saturated heterocycles. The highest BCUT2D eigenvalue weighted by molar-refractivity contribution is 7.80. The molecule has 117 heavy (non-hydrogen) atoms. The Morgan fingerprint density at radius 3 is 1.45 bits per heavy atom. The van der Waals surface area contributed by atoms with Gasteiger partial charge in [0.2, 0.25) is 88.6 Å². The second-order valence-corrected chi connectivity index (χ2v) is 28.9. The lowest BCUT2D eigenvalue weighted by Crippen LogP contribution is -2.61. The Balaban J connectivity index is 1.06. The van der Waals surface area contributed by atoms with Crippen LogP contribution in [0.2, 0.25) is 0 Å². The van der Waals surface area contributed by atoms with Crippen LogP contribution in [0.5, 0.6) is 5.75 Å². The number of nitrogens with zero attached hydrogens (tertiary/aromatic N) is 1. The first-order valence-electron chi connectivity index (χ1n) is 37.0. The summed E-state index contributed by atoms with van der Waals surface area (Å²) >= 11 is 8.41. The topological polar surface area (TPSA) is 652 Å². The van der Waals surface area contributed by atoms with Crippen LogP contribution < -0.4 is 80.6 Å².